The minimum atomic E-state index is -3.95. The van der Waals surface area contributed by atoms with Crippen molar-refractivity contribution in [3.63, 3.8) is 0 Å². The van der Waals surface area contributed by atoms with Crippen LogP contribution < -0.4 is 20.3 Å². The van der Waals surface area contributed by atoms with E-state index in [0.717, 1.165) is 18.6 Å². The lowest BCUT2D eigenvalue weighted by atomic mass is 10.1. The molecule has 0 unspecified atom stereocenters. The van der Waals surface area contributed by atoms with Gasteiger partial charge in [0.15, 0.2) is 19.7 Å². The highest BCUT2D eigenvalue weighted by Crippen LogP contribution is 2.22. The fraction of sp³-hybridized carbons (Fsp3) is 0.294. The van der Waals surface area contributed by atoms with Crippen molar-refractivity contribution in [3.05, 3.63) is 45.7 Å². The van der Waals surface area contributed by atoms with Crippen molar-refractivity contribution in [1.29, 1.82) is 0 Å². The van der Waals surface area contributed by atoms with Gasteiger partial charge in [0, 0.05) is 30.7 Å². The maximum Gasteiger partial charge on any atom is 0.255 e. The first-order valence-electron chi connectivity index (χ1n) is 8.04. The maximum atomic E-state index is 12.5. The number of pyridine rings is 1. The second-order valence-electron chi connectivity index (χ2n) is 6.13. The zero-order valence-electron chi connectivity index (χ0n) is 16.1. The summed E-state index contributed by atoms with van der Waals surface area (Å²) in [6.45, 7) is -0.444. The van der Waals surface area contributed by atoms with Gasteiger partial charge in [-0.2, -0.15) is 0 Å². The van der Waals surface area contributed by atoms with Crippen molar-refractivity contribution >= 4 is 25.6 Å². The molecule has 0 aliphatic heterocycles. The lowest BCUT2D eigenvalue weighted by Crippen LogP contribution is -2.29. The molecule has 2 N–H and O–H groups in total. The lowest BCUT2D eigenvalue weighted by molar-refractivity contribution is 0.0949. The normalized spacial score (nSPS) is 11.7. The summed E-state index contributed by atoms with van der Waals surface area (Å²) in [6.07, 6.45) is 1.67. The van der Waals surface area contributed by atoms with Crippen LogP contribution in [0.25, 0.3) is 0 Å². The molecule has 0 aliphatic rings. The molecule has 2 aromatic rings. The highest BCUT2D eigenvalue weighted by atomic mass is 32.2. The number of carbonyl (C=O) groups excluding carboxylic acids is 1. The molecule has 0 fully saturated rings. The Morgan fingerprint density at radius 1 is 0.966 bits per heavy atom. The Labute approximate surface area is 167 Å². The van der Waals surface area contributed by atoms with Gasteiger partial charge in [-0.25, -0.2) is 16.8 Å². The molecule has 1 aromatic heterocycles. The Morgan fingerprint density at radius 3 is 1.97 bits per heavy atom. The summed E-state index contributed by atoms with van der Waals surface area (Å²) in [7, 11) is -4.97. The van der Waals surface area contributed by atoms with Crippen LogP contribution in [0.15, 0.2) is 39.0 Å². The van der Waals surface area contributed by atoms with Crippen LogP contribution in [0.3, 0.4) is 0 Å². The summed E-state index contributed by atoms with van der Waals surface area (Å²) in [6, 6.07) is 5.30. The molecule has 0 aliphatic carbocycles. The molecule has 29 heavy (non-hydrogen) atoms. The Morgan fingerprint density at radius 2 is 1.52 bits per heavy atom. The van der Waals surface area contributed by atoms with Gasteiger partial charge in [-0.05, 0) is 18.2 Å². The molecule has 0 bridgehead atoms. The van der Waals surface area contributed by atoms with Crippen LogP contribution in [0, 0.1) is 0 Å². The van der Waals surface area contributed by atoms with Crippen LogP contribution in [0.5, 0.6) is 11.5 Å². The van der Waals surface area contributed by atoms with E-state index < -0.39 is 47.6 Å². The van der Waals surface area contributed by atoms with Gasteiger partial charge in [0.25, 0.3) is 11.5 Å². The number of ether oxygens (including phenoxy) is 2. The molecule has 0 atom stereocenters. The second-order valence-corrected chi connectivity index (χ2v) is 10.1. The highest BCUT2D eigenvalue weighted by molar-refractivity contribution is 7.91. The fourth-order valence-electron chi connectivity index (χ4n) is 2.45. The Hall–Kier alpha value is -2.86. The van der Waals surface area contributed by atoms with Gasteiger partial charge in [-0.15, -0.1) is 0 Å². The van der Waals surface area contributed by atoms with Crippen LogP contribution in [0.2, 0.25) is 0 Å². The van der Waals surface area contributed by atoms with Crippen molar-refractivity contribution in [2.75, 3.05) is 26.7 Å². The zero-order valence-corrected chi connectivity index (χ0v) is 17.7. The summed E-state index contributed by atoms with van der Waals surface area (Å²) in [4.78, 5) is 26.4. The van der Waals surface area contributed by atoms with Crippen molar-refractivity contribution < 1.29 is 31.1 Å². The standard InChI is InChI=1S/C17H20N2O8S2/c1-26-11-5-10(6-12(7-11)27-2)16(20)18-9-13-14(28(3,22)23)8-15(19-17(13)21)29(4,24)25/h5-8H,9H2,1-4H3,(H,18,20)(H,19,21). The fourth-order valence-corrected chi connectivity index (χ4v) is 4.08. The second kappa shape index (κ2) is 8.25. The number of aromatic nitrogens is 1. The number of hydrogen-bond acceptors (Lipinski definition) is 8. The molecule has 0 saturated heterocycles. The van der Waals surface area contributed by atoms with Gasteiger partial charge in [-0.3, -0.25) is 9.59 Å². The predicted octanol–water partition coefficient (Wildman–Crippen LogP) is 0.129. The van der Waals surface area contributed by atoms with E-state index in [9.17, 15) is 26.4 Å². The third kappa shape index (κ3) is 5.35. The molecule has 0 saturated carbocycles. The molecular formula is C17H20N2O8S2. The van der Waals surface area contributed by atoms with E-state index in [4.69, 9.17) is 9.47 Å². The van der Waals surface area contributed by atoms with Crippen molar-refractivity contribution in [2.24, 2.45) is 0 Å². The minimum absolute atomic E-state index is 0.159. The number of aromatic amines is 1. The number of carbonyl (C=O) groups is 1. The third-order valence-electron chi connectivity index (χ3n) is 3.91. The van der Waals surface area contributed by atoms with E-state index in [0.29, 0.717) is 11.5 Å². The van der Waals surface area contributed by atoms with E-state index in [1.54, 1.807) is 6.07 Å². The minimum Gasteiger partial charge on any atom is -0.497 e. The number of amides is 1. The SMILES string of the molecule is COc1cc(OC)cc(C(=O)NCc2c(S(C)(=O)=O)cc(S(C)(=O)=O)[nH]c2=O)c1. The summed E-state index contributed by atoms with van der Waals surface area (Å²) < 4.78 is 57.7. The van der Waals surface area contributed by atoms with Crippen LogP contribution in [-0.4, -0.2) is 54.5 Å². The monoisotopic (exact) mass is 444 g/mol. The summed E-state index contributed by atoms with van der Waals surface area (Å²) in [5.41, 5.74) is -1.06. The number of methoxy groups -OCH3 is 2. The Balaban J connectivity index is 2.43. The number of H-pyrrole nitrogens is 1. The molecule has 1 aromatic carbocycles. The molecule has 1 amide bonds. The molecular weight excluding hydrogens is 424 g/mol. The van der Waals surface area contributed by atoms with Gasteiger partial charge in [0.05, 0.1) is 24.7 Å². The largest absolute Gasteiger partial charge is 0.497 e. The third-order valence-corrected chi connectivity index (χ3v) is 6.09. The Kier molecular flexibility index (Phi) is 6.38. The molecule has 2 rings (SSSR count). The molecule has 12 heteroatoms. The smallest absolute Gasteiger partial charge is 0.255 e. The summed E-state index contributed by atoms with van der Waals surface area (Å²) in [5.74, 6) is 0.108. The van der Waals surface area contributed by atoms with E-state index in [2.05, 4.69) is 10.3 Å². The van der Waals surface area contributed by atoms with Gasteiger partial charge in [0.2, 0.25) is 0 Å². The highest BCUT2D eigenvalue weighted by Gasteiger charge is 2.22. The number of rotatable bonds is 7. The van der Waals surface area contributed by atoms with E-state index in [1.165, 1.54) is 26.4 Å². The summed E-state index contributed by atoms with van der Waals surface area (Å²) in [5, 5.41) is 1.91. The lowest BCUT2D eigenvalue weighted by Gasteiger charge is -2.12. The summed E-state index contributed by atoms with van der Waals surface area (Å²) >= 11 is 0. The number of benzene rings is 1. The van der Waals surface area contributed by atoms with Gasteiger partial charge in [0.1, 0.15) is 16.5 Å². The molecule has 1 heterocycles. The quantitative estimate of drug-likeness (QED) is 0.612. The van der Waals surface area contributed by atoms with E-state index >= 15 is 0 Å². The van der Waals surface area contributed by atoms with Gasteiger partial charge < -0.3 is 19.8 Å². The van der Waals surface area contributed by atoms with Gasteiger partial charge >= 0.3 is 0 Å². The van der Waals surface area contributed by atoms with E-state index in [-0.39, 0.29) is 11.1 Å². The first kappa shape index (κ1) is 22.4. The van der Waals surface area contributed by atoms with Crippen LogP contribution >= 0.6 is 0 Å². The molecule has 10 nitrogen and oxygen atoms in total. The average molecular weight is 444 g/mol. The van der Waals surface area contributed by atoms with Crippen molar-refractivity contribution in [1.82, 2.24) is 10.3 Å². The topological polar surface area (TPSA) is 149 Å². The maximum absolute atomic E-state index is 12.5. The first-order chi connectivity index (χ1) is 13.4. The van der Waals surface area contributed by atoms with Gasteiger partial charge in [-0.1, -0.05) is 0 Å². The molecule has 0 spiro atoms. The van der Waals surface area contributed by atoms with Crippen LogP contribution in [0.1, 0.15) is 15.9 Å². The predicted molar refractivity (Wildman–Crippen MR) is 104 cm³/mol. The van der Waals surface area contributed by atoms with E-state index in [1.807, 2.05) is 0 Å². The number of sulfone groups is 2. The first-order valence-corrected chi connectivity index (χ1v) is 11.8. The zero-order chi connectivity index (χ0) is 22.0. The number of hydrogen-bond donors (Lipinski definition) is 2. The van der Waals surface area contributed by atoms with Crippen molar-refractivity contribution in [2.45, 2.75) is 16.5 Å². The average Bonchev–Trinajstić information content (AvgIpc) is 2.64. The Bertz CT molecular complexity index is 1190. The van der Waals surface area contributed by atoms with Crippen LogP contribution in [-0.2, 0) is 26.2 Å². The molecule has 158 valence electrons. The number of nitrogens with one attached hydrogen (secondary N) is 2. The molecule has 0 radical (unpaired) electrons. The van der Waals surface area contributed by atoms with Crippen LogP contribution in [0.4, 0.5) is 0 Å². The van der Waals surface area contributed by atoms with Crippen molar-refractivity contribution in [3.8, 4) is 11.5 Å².